The number of rotatable bonds is 13. The highest BCUT2D eigenvalue weighted by Crippen LogP contribution is 2.26. The first kappa shape index (κ1) is 36.0. The third kappa shape index (κ3) is 10.1. The van der Waals surface area contributed by atoms with Crippen LogP contribution in [0.15, 0.2) is 67.1 Å². The van der Waals surface area contributed by atoms with Crippen LogP contribution in [0.4, 0.5) is 10.6 Å². The molecule has 1 aliphatic rings. The van der Waals surface area contributed by atoms with E-state index in [1.54, 1.807) is 64.6 Å². The largest absolute Gasteiger partial charge is 0.497 e. The molecule has 0 saturated carbocycles. The number of nitrogens with zero attached hydrogens (tertiary/aromatic N) is 3. The zero-order valence-electron chi connectivity index (χ0n) is 28.7. The number of carbonyl (C=O) groups is 4. The van der Waals surface area contributed by atoms with Gasteiger partial charge in [0, 0.05) is 19.3 Å². The van der Waals surface area contributed by atoms with Crippen molar-refractivity contribution < 1.29 is 28.7 Å². The molecule has 1 aliphatic heterocycles. The maximum absolute atomic E-state index is 13.7. The maximum Gasteiger partial charge on any atom is 0.408 e. The molecule has 1 unspecified atom stereocenters. The monoisotopic (exact) mass is 660 g/mol. The molecule has 1 fully saturated rings. The zero-order valence-corrected chi connectivity index (χ0v) is 28.7. The molecule has 2 atom stereocenters. The molecule has 4 rings (SSSR count). The minimum absolute atomic E-state index is 0.0567. The van der Waals surface area contributed by atoms with E-state index in [1.165, 1.54) is 6.33 Å². The predicted molar refractivity (Wildman–Crippen MR) is 183 cm³/mol. The number of nitrogens with one attached hydrogen (secondary N) is 3. The standard InChI is InChI=1S/C36H48N6O6/c1-35(2,3)48-34(46)40-36(4,5)33(45)38-28(16-12-15-25-13-8-7-9-14-25)31(43)39-29-23-42(24-37-29)30(32(44)41-21-10-11-22-41)26-17-19-27(47-6)20-18-26/h7-9,13-14,17-20,23-24,28,30H,10-12,15-16,21-22H2,1-6H3,(H,38,45)(H,39,43)(H,40,46)/t28-,30?/m1/s1. The number of anilines is 1. The number of benzene rings is 2. The lowest BCUT2D eigenvalue weighted by Crippen LogP contribution is -2.58. The minimum Gasteiger partial charge on any atom is -0.497 e. The average molecular weight is 661 g/mol. The van der Waals surface area contributed by atoms with Gasteiger partial charge in [-0.15, -0.1) is 0 Å². The van der Waals surface area contributed by atoms with Gasteiger partial charge in [0.2, 0.25) is 17.7 Å². The van der Waals surface area contributed by atoms with Crippen LogP contribution in [0.1, 0.15) is 77.5 Å². The molecule has 12 nitrogen and oxygen atoms in total. The lowest BCUT2D eigenvalue weighted by molar-refractivity contribution is -0.132. The Hall–Kier alpha value is -4.87. The molecule has 2 heterocycles. The SMILES string of the molecule is COc1ccc(C(C(=O)N2CCCC2)n2cnc(NC(=O)[C@@H](CCCc3ccccc3)NC(=O)C(C)(C)NC(=O)OC(C)(C)C)c2)cc1. The Kier molecular flexibility index (Phi) is 11.9. The van der Waals surface area contributed by atoms with Crippen LogP contribution in [0.3, 0.4) is 0 Å². The van der Waals surface area contributed by atoms with Crippen molar-refractivity contribution in [3.05, 3.63) is 78.2 Å². The molecule has 1 saturated heterocycles. The predicted octanol–water partition coefficient (Wildman–Crippen LogP) is 4.85. The minimum atomic E-state index is -1.37. The Bertz CT molecular complexity index is 1540. The van der Waals surface area contributed by atoms with Gasteiger partial charge in [0.25, 0.3) is 0 Å². The number of carbonyl (C=O) groups excluding carboxylic acids is 4. The topological polar surface area (TPSA) is 144 Å². The van der Waals surface area contributed by atoms with E-state index in [2.05, 4.69) is 20.9 Å². The van der Waals surface area contributed by atoms with E-state index >= 15 is 0 Å². The van der Waals surface area contributed by atoms with Gasteiger partial charge in [0.15, 0.2) is 5.82 Å². The summed E-state index contributed by atoms with van der Waals surface area (Å²) in [6.07, 6.45) is 5.96. The van der Waals surface area contributed by atoms with Crippen LogP contribution in [0.2, 0.25) is 0 Å². The second-order valence-electron chi connectivity index (χ2n) is 13.6. The number of amides is 4. The molecule has 0 aliphatic carbocycles. The molecule has 0 radical (unpaired) electrons. The number of imidazole rings is 1. The summed E-state index contributed by atoms with van der Waals surface area (Å²) in [5, 5.41) is 8.25. The maximum atomic E-state index is 13.7. The van der Waals surface area contributed by atoms with E-state index < -0.39 is 41.1 Å². The normalized spacial score (nSPS) is 14.5. The summed E-state index contributed by atoms with van der Waals surface area (Å²) in [6, 6.07) is 15.6. The number of ether oxygens (including phenoxy) is 2. The van der Waals surface area contributed by atoms with Crippen molar-refractivity contribution in [2.45, 2.75) is 89.9 Å². The van der Waals surface area contributed by atoms with Crippen molar-refractivity contribution in [2.24, 2.45) is 0 Å². The summed E-state index contributed by atoms with van der Waals surface area (Å²) in [4.78, 5) is 59.6. The Labute approximate surface area is 282 Å². The van der Waals surface area contributed by atoms with Crippen molar-refractivity contribution in [3.8, 4) is 5.75 Å². The van der Waals surface area contributed by atoms with Gasteiger partial charge in [-0.2, -0.15) is 0 Å². The number of likely N-dealkylation sites (tertiary alicyclic amines) is 1. The lowest BCUT2D eigenvalue weighted by atomic mass is 10.0. The molecule has 258 valence electrons. The van der Waals surface area contributed by atoms with Crippen LogP contribution >= 0.6 is 0 Å². The Morgan fingerprint density at radius 3 is 2.23 bits per heavy atom. The van der Waals surface area contributed by atoms with E-state index in [9.17, 15) is 19.2 Å². The molecule has 4 amide bonds. The highest BCUT2D eigenvalue weighted by atomic mass is 16.6. The molecule has 3 aromatic rings. The number of aryl methyl sites for hydroxylation is 1. The molecule has 48 heavy (non-hydrogen) atoms. The van der Waals surface area contributed by atoms with E-state index in [0.717, 1.165) is 24.0 Å². The fourth-order valence-electron chi connectivity index (χ4n) is 5.47. The highest BCUT2D eigenvalue weighted by Gasteiger charge is 2.35. The number of hydrogen-bond donors (Lipinski definition) is 3. The van der Waals surface area contributed by atoms with Crippen LogP contribution in [0, 0.1) is 0 Å². The molecular formula is C36H48N6O6. The van der Waals surface area contributed by atoms with Crippen molar-refractivity contribution in [2.75, 3.05) is 25.5 Å². The summed E-state index contributed by atoms with van der Waals surface area (Å²) in [7, 11) is 1.59. The number of hydrogen-bond acceptors (Lipinski definition) is 7. The Morgan fingerprint density at radius 1 is 0.938 bits per heavy atom. The first-order chi connectivity index (χ1) is 22.8. The second kappa shape index (κ2) is 15.8. The molecule has 12 heteroatoms. The van der Waals surface area contributed by atoms with Crippen LogP contribution in [0.25, 0.3) is 0 Å². The van der Waals surface area contributed by atoms with Crippen LogP contribution in [-0.2, 0) is 25.5 Å². The van der Waals surface area contributed by atoms with Gasteiger partial charge in [0.05, 0.1) is 13.4 Å². The van der Waals surface area contributed by atoms with Crippen molar-refractivity contribution in [3.63, 3.8) is 0 Å². The first-order valence-electron chi connectivity index (χ1n) is 16.4. The summed E-state index contributed by atoms with van der Waals surface area (Å²) >= 11 is 0. The molecule has 0 spiro atoms. The van der Waals surface area contributed by atoms with Crippen LogP contribution in [0.5, 0.6) is 5.75 Å². The van der Waals surface area contributed by atoms with Gasteiger partial charge >= 0.3 is 6.09 Å². The van der Waals surface area contributed by atoms with Gasteiger partial charge in [-0.1, -0.05) is 42.5 Å². The fourth-order valence-corrected chi connectivity index (χ4v) is 5.47. The summed E-state index contributed by atoms with van der Waals surface area (Å²) in [6.45, 7) is 9.66. The van der Waals surface area contributed by atoms with Crippen LogP contribution < -0.4 is 20.7 Å². The van der Waals surface area contributed by atoms with Crippen molar-refractivity contribution in [1.82, 2.24) is 25.1 Å². The summed E-state index contributed by atoms with van der Waals surface area (Å²) in [5.41, 5.74) is -0.246. The lowest BCUT2D eigenvalue weighted by Gasteiger charge is -2.29. The van der Waals surface area contributed by atoms with E-state index in [1.807, 2.05) is 47.4 Å². The second-order valence-corrected chi connectivity index (χ2v) is 13.6. The van der Waals surface area contributed by atoms with Crippen LogP contribution in [-0.4, -0.2) is 75.6 Å². The number of aromatic nitrogens is 2. The Morgan fingerprint density at radius 2 is 1.60 bits per heavy atom. The van der Waals surface area contributed by atoms with E-state index in [-0.39, 0.29) is 11.7 Å². The molecule has 1 aromatic heterocycles. The van der Waals surface area contributed by atoms with Gasteiger partial charge in [-0.05, 0) is 90.0 Å². The van der Waals surface area contributed by atoms with Gasteiger partial charge in [-0.25, -0.2) is 9.78 Å². The molecular weight excluding hydrogens is 612 g/mol. The Balaban J connectivity index is 1.51. The highest BCUT2D eigenvalue weighted by molar-refractivity contribution is 5.98. The molecule has 0 bridgehead atoms. The van der Waals surface area contributed by atoms with Crippen molar-refractivity contribution >= 4 is 29.6 Å². The third-order valence-electron chi connectivity index (χ3n) is 8.04. The third-order valence-corrected chi connectivity index (χ3v) is 8.04. The fraction of sp³-hybridized carbons (Fsp3) is 0.472. The number of alkyl carbamates (subject to hydrolysis) is 1. The smallest absolute Gasteiger partial charge is 0.408 e. The quantitative estimate of drug-likeness (QED) is 0.238. The molecule has 2 aromatic carbocycles. The van der Waals surface area contributed by atoms with E-state index in [0.29, 0.717) is 38.1 Å². The first-order valence-corrected chi connectivity index (χ1v) is 16.4. The zero-order chi connectivity index (χ0) is 34.9. The van der Waals surface area contributed by atoms with Gasteiger partial charge < -0.3 is 34.9 Å². The van der Waals surface area contributed by atoms with Gasteiger partial charge in [-0.3, -0.25) is 14.4 Å². The van der Waals surface area contributed by atoms with E-state index in [4.69, 9.17) is 9.47 Å². The number of methoxy groups -OCH3 is 1. The molecule has 3 N–H and O–H groups in total. The average Bonchev–Trinajstić information content (AvgIpc) is 3.73. The summed E-state index contributed by atoms with van der Waals surface area (Å²) in [5.74, 6) is -0.162. The summed E-state index contributed by atoms with van der Waals surface area (Å²) < 4.78 is 12.3. The van der Waals surface area contributed by atoms with Crippen molar-refractivity contribution in [1.29, 1.82) is 0 Å². The van der Waals surface area contributed by atoms with Gasteiger partial charge in [0.1, 0.15) is 29.0 Å².